The lowest BCUT2D eigenvalue weighted by Crippen LogP contribution is -2.24. The van der Waals surface area contributed by atoms with Crippen LogP contribution in [0, 0.1) is 5.92 Å². The van der Waals surface area contributed by atoms with E-state index in [2.05, 4.69) is 52.8 Å². The van der Waals surface area contributed by atoms with Crippen LogP contribution in [0.5, 0.6) is 0 Å². The van der Waals surface area contributed by atoms with Gasteiger partial charge >= 0.3 is 0 Å². The van der Waals surface area contributed by atoms with Gasteiger partial charge in [-0.3, -0.25) is 4.79 Å². The molecule has 0 bridgehead atoms. The van der Waals surface area contributed by atoms with Crippen molar-refractivity contribution in [3.8, 4) is 0 Å². The van der Waals surface area contributed by atoms with Crippen LogP contribution in [0.4, 0.5) is 5.69 Å². The number of carbonyl (C=O) groups is 1. The van der Waals surface area contributed by atoms with Crippen molar-refractivity contribution in [2.24, 2.45) is 5.92 Å². The Morgan fingerprint density at radius 2 is 1.95 bits per heavy atom. The van der Waals surface area contributed by atoms with Crippen LogP contribution in [-0.4, -0.2) is 18.2 Å². The minimum absolute atomic E-state index is 0.204. The Balaban J connectivity index is 1.97. The van der Waals surface area contributed by atoms with Crippen molar-refractivity contribution < 1.29 is 4.79 Å². The quantitative estimate of drug-likeness (QED) is 0.825. The summed E-state index contributed by atoms with van der Waals surface area (Å²) in [4.78, 5) is 13.9. The fourth-order valence-corrected chi connectivity index (χ4v) is 3.15. The number of anilines is 1. The molecule has 2 aromatic rings. The van der Waals surface area contributed by atoms with E-state index in [0.717, 1.165) is 27.8 Å². The Hall–Kier alpha value is -1.00. The Labute approximate surface area is 126 Å². The molecule has 0 N–H and O–H groups in total. The van der Waals surface area contributed by atoms with Gasteiger partial charge in [-0.15, -0.1) is 0 Å². The molecule has 2 aromatic carbocycles. The van der Waals surface area contributed by atoms with Gasteiger partial charge in [0.15, 0.2) is 0 Å². The molecule has 1 aliphatic heterocycles. The van der Waals surface area contributed by atoms with E-state index in [4.69, 9.17) is 0 Å². The highest BCUT2D eigenvalue weighted by molar-refractivity contribution is 9.10. The predicted molar refractivity (Wildman–Crippen MR) is 86.0 cm³/mol. The average molecular weight is 336 g/mol. The first-order valence-electron chi connectivity index (χ1n) is 6.28. The van der Waals surface area contributed by atoms with Crippen molar-refractivity contribution >= 4 is 50.9 Å². The van der Waals surface area contributed by atoms with Gasteiger partial charge in [0.2, 0.25) is 5.91 Å². The lowest BCUT2D eigenvalue weighted by molar-refractivity contribution is -0.117. The molecule has 1 amide bonds. The van der Waals surface area contributed by atoms with Gasteiger partial charge in [-0.1, -0.05) is 28.1 Å². The van der Waals surface area contributed by atoms with Crippen LogP contribution in [-0.2, 0) is 4.79 Å². The number of fused-ring (bicyclic) bond motifs is 1. The van der Waals surface area contributed by atoms with Gasteiger partial charge in [0.25, 0.3) is 0 Å². The summed E-state index contributed by atoms with van der Waals surface area (Å²) in [5.74, 6) is 1.34. The minimum atomic E-state index is 0.204. The molecule has 1 heterocycles. The summed E-state index contributed by atoms with van der Waals surface area (Å²) in [6.45, 7) is 0.782. The van der Waals surface area contributed by atoms with Crippen molar-refractivity contribution in [1.82, 2.24) is 0 Å². The lowest BCUT2D eigenvalue weighted by atomic mass is 10.1. The van der Waals surface area contributed by atoms with Gasteiger partial charge in [-0.05, 0) is 46.7 Å². The fraction of sp³-hybridized carbons (Fsp3) is 0.267. The van der Waals surface area contributed by atoms with Gasteiger partial charge in [-0.25, -0.2) is 0 Å². The smallest absolute Gasteiger partial charge is 0.227 e. The van der Waals surface area contributed by atoms with Crippen LogP contribution in [0.1, 0.15) is 6.42 Å². The molecule has 2 nitrogen and oxygen atoms in total. The topological polar surface area (TPSA) is 20.3 Å². The second kappa shape index (κ2) is 5.17. The first kappa shape index (κ1) is 13.0. The van der Waals surface area contributed by atoms with Crippen LogP contribution in [0.3, 0.4) is 0 Å². The number of halogens is 1. The molecule has 0 spiro atoms. The molecule has 98 valence electrons. The molecule has 0 aromatic heterocycles. The number of carbonyl (C=O) groups excluding carboxylic acids is 1. The van der Waals surface area contributed by atoms with Crippen molar-refractivity contribution in [3.05, 3.63) is 40.9 Å². The number of hydrogen-bond acceptors (Lipinski definition) is 2. The van der Waals surface area contributed by atoms with E-state index in [1.807, 2.05) is 17.0 Å². The maximum absolute atomic E-state index is 12.0. The first-order chi connectivity index (χ1) is 9.17. The highest BCUT2D eigenvalue weighted by Crippen LogP contribution is 2.29. The van der Waals surface area contributed by atoms with Crippen LogP contribution in [0.15, 0.2) is 40.9 Å². The number of amides is 1. The summed E-state index contributed by atoms with van der Waals surface area (Å²) in [6.07, 6.45) is 0.613. The van der Waals surface area contributed by atoms with Crippen molar-refractivity contribution in [2.75, 3.05) is 17.2 Å². The van der Waals surface area contributed by atoms with Crippen molar-refractivity contribution in [1.29, 1.82) is 0 Å². The minimum Gasteiger partial charge on any atom is -0.312 e. The molecule has 4 heteroatoms. The van der Waals surface area contributed by atoms with Crippen molar-refractivity contribution in [3.63, 3.8) is 0 Å². The summed E-state index contributed by atoms with van der Waals surface area (Å²) in [7, 11) is 0. The number of rotatable bonds is 2. The molecule has 1 saturated heterocycles. The Kier molecular flexibility index (Phi) is 3.54. The summed E-state index contributed by atoms with van der Waals surface area (Å²) in [5.41, 5.74) is 0.990. The predicted octanol–water partition coefficient (Wildman–Crippen LogP) is 3.89. The van der Waals surface area contributed by atoms with E-state index in [1.54, 1.807) is 0 Å². The van der Waals surface area contributed by atoms with E-state index < -0.39 is 0 Å². The third-order valence-electron chi connectivity index (χ3n) is 3.56. The second-order valence-corrected chi connectivity index (χ2v) is 6.21. The molecular weight excluding hydrogens is 322 g/mol. The molecule has 0 aliphatic carbocycles. The van der Waals surface area contributed by atoms with Gasteiger partial charge < -0.3 is 4.90 Å². The maximum Gasteiger partial charge on any atom is 0.227 e. The molecule has 1 aliphatic rings. The van der Waals surface area contributed by atoms with Crippen LogP contribution < -0.4 is 4.90 Å². The SMILES string of the molecule is O=C1CC(CS)CN1c1ccc2cc(Br)ccc2c1. The third-order valence-corrected chi connectivity index (χ3v) is 4.57. The summed E-state index contributed by atoms with van der Waals surface area (Å²) >= 11 is 7.77. The highest BCUT2D eigenvalue weighted by atomic mass is 79.9. The van der Waals surface area contributed by atoms with Crippen LogP contribution in [0.2, 0.25) is 0 Å². The Morgan fingerprint density at radius 1 is 1.21 bits per heavy atom. The van der Waals surface area contributed by atoms with Gasteiger partial charge in [0.05, 0.1) is 0 Å². The maximum atomic E-state index is 12.0. The van der Waals surface area contributed by atoms with Gasteiger partial charge in [0, 0.05) is 23.1 Å². The molecule has 1 fully saturated rings. The molecule has 1 unspecified atom stereocenters. The number of hydrogen-bond donors (Lipinski definition) is 1. The standard InChI is InChI=1S/C15H14BrNOS/c16-13-3-1-12-7-14(4-2-11(12)6-13)17-8-10(9-19)5-15(17)18/h1-4,6-7,10,19H,5,8-9H2. The van der Waals surface area contributed by atoms with Gasteiger partial charge in [0.1, 0.15) is 0 Å². The van der Waals surface area contributed by atoms with E-state index in [1.165, 1.54) is 5.39 Å². The van der Waals surface area contributed by atoms with E-state index in [0.29, 0.717) is 12.3 Å². The normalized spacial score (nSPS) is 19.4. The summed E-state index contributed by atoms with van der Waals surface area (Å²) in [6, 6.07) is 12.3. The highest BCUT2D eigenvalue weighted by Gasteiger charge is 2.29. The lowest BCUT2D eigenvalue weighted by Gasteiger charge is -2.17. The fourth-order valence-electron chi connectivity index (χ4n) is 2.53. The summed E-state index contributed by atoms with van der Waals surface area (Å²) < 4.78 is 1.07. The molecule has 0 radical (unpaired) electrons. The number of thiol groups is 1. The molecule has 19 heavy (non-hydrogen) atoms. The van der Waals surface area contributed by atoms with Crippen molar-refractivity contribution in [2.45, 2.75) is 6.42 Å². The monoisotopic (exact) mass is 335 g/mol. The molecular formula is C15H14BrNOS. The Morgan fingerprint density at radius 3 is 2.68 bits per heavy atom. The summed E-state index contributed by atoms with van der Waals surface area (Å²) in [5, 5.41) is 2.33. The average Bonchev–Trinajstić information content (AvgIpc) is 2.79. The second-order valence-electron chi connectivity index (χ2n) is 4.93. The zero-order valence-electron chi connectivity index (χ0n) is 10.3. The Bertz CT molecular complexity index is 643. The number of nitrogens with zero attached hydrogens (tertiary/aromatic N) is 1. The molecule has 0 saturated carbocycles. The van der Waals surface area contributed by atoms with E-state index >= 15 is 0 Å². The molecule has 3 rings (SSSR count). The third kappa shape index (κ3) is 2.51. The number of benzene rings is 2. The van der Waals surface area contributed by atoms with Crippen LogP contribution in [0.25, 0.3) is 10.8 Å². The van der Waals surface area contributed by atoms with E-state index in [9.17, 15) is 4.79 Å². The zero-order chi connectivity index (χ0) is 13.4. The van der Waals surface area contributed by atoms with Crippen LogP contribution >= 0.6 is 28.6 Å². The first-order valence-corrected chi connectivity index (χ1v) is 7.70. The molecule has 1 atom stereocenters. The van der Waals surface area contributed by atoms with Gasteiger partial charge in [-0.2, -0.15) is 12.6 Å². The zero-order valence-corrected chi connectivity index (χ0v) is 12.8. The largest absolute Gasteiger partial charge is 0.312 e. The van der Waals surface area contributed by atoms with E-state index in [-0.39, 0.29) is 5.91 Å².